The number of amides is 1. The zero-order chi connectivity index (χ0) is 16.1. The smallest absolute Gasteiger partial charge is 0.231 e. The van der Waals surface area contributed by atoms with E-state index in [1.807, 2.05) is 29.2 Å². The van der Waals surface area contributed by atoms with E-state index in [0.717, 1.165) is 11.3 Å². The van der Waals surface area contributed by atoms with Crippen molar-refractivity contribution >= 4 is 17.6 Å². The molecule has 5 nitrogen and oxygen atoms in total. The summed E-state index contributed by atoms with van der Waals surface area (Å²) in [5, 5.41) is 3.34. The van der Waals surface area contributed by atoms with Crippen LogP contribution in [0.2, 0.25) is 0 Å². The number of guanidine groups is 1. The minimum Gasteiger partial charge on any atom is -0.370 e. The number of nitrogens with one attached hydrogen (secondary N) is 1. The van der Waals surface area contributed by atoms with Crippen LogP contribution in [0.15, 0.2) is 29.3 Å². The van der Waals surface area contributed by atoms with E-state index in [0.29, 0.717) is 31.5 Å². The van der Waals surface area contributed by atoms with E-state index in [1.165, 1.54) is 38.5 Å². The summed E-state index contributed by atoms with van der Waals surface area (Å²) in [5.41, 5.74) is 8.12. The monoisotopic (exact) mass is 314 g/mol. The number of nitrogens with zero attached hydrogens (tertiary/aromatic N) is 2. The van der Waals surface area contributed by atoms with Crippen molar-refractivity contribution in [1.29, 1.82) is 0 Å². The van der Waals surface area contributed by atoms with E-state index in [9.17, 15) is 4.79 Å². The highest BCUT2D eigenvalue weighted by Crippen LogP contribution is 2.27. The number of anilines is 1. The summed E-state index contributed by atoms with van der Waals surface area (Å²) in [4.78, 5) is 18.3. The quantitative estimate of drug-likeness (QED) is 0.508. The van der Waals surface area contributed by atoms with Gasteiger partial charge >= 0.3 is 0 Å². The SMILES string of the molecule is NC(=NCCN1C(=O)Cc2ccccc21)NC1CCCCCC1. The van der Waals surface area contributed by atoms with Crippen molar-refractivity contribution in [3.05, 3.63) is 29.8 Å². The normalized spacial score (nSPS) is 19.6. The Balaban J connectivity index is 1.51. The molecular formula is C18H26N4O. The second-order valence-electron chi connectivity index (χ2n) is 6.45. The number of hydrogen-bond donors (Lipinski definition) is 2. The van der Waals surface area contributed by atoms with Crippen molar-refractivity contribution < 1.29 is 4.79 Å². The predicted octanol–water partition coefficient (Wildman–Crippen LogP) is 2.20. The van der Waals surface area contributed by atoms with Gasteiger partial charge in [0.25, 0.3) is 0 Å². The minimum atomic E-state index is 0.150. The summed E-state index contributed by atoms with van der Waals surface area (Å²) in [6.45, 7) is 1.12. The third-order valence-corrected chi connectivity index (χ3v) is 4.74. The molecule has 1 fully saturated rings. The minimum absolute atomic E-state index is 0.150. The highest BCUT2D eigenvalue weighted by Gasteiger charge is 2.25. The van der Waals surface area contributed by atoms with Crippen LogP contribution in [0.3, 0.4) is 0 Å². The number of para-hydroxylation sites is 1. The lowest BCUT2D eigenvalue weighted by atomic mass is 10.1. The van der Waals surface area contributed by atoms with E-state index in [1.54, 1.807) is 0 Å². The fourth-order valence-corrected chi connectivity index (χ4v) is 3.51. The van der Waals surface area contributed by atoms with Crippen molar-refractivity contribution in [2.45, 2.75) is 51.0 Å². The van der Waals surface area contributed by atoms with Crippen LogP contribution in [-0.2, 0) is 11.2 Å². The molecular weight excluding hydrogens is 288 g/mol. The third kappa shape index (κ3) is 4.03. The van der Waals surface area contributed by atoms with Gasteiger partial charge in [-0.25, -0.2) is 0 Å². The van der Waals surface area contributed by atoms with Gasteiger partial charge in [-0.15, -0.1) is 0 Å². The Morgan fingerprint density at radius 2 is 1.96 bits per heavy atom. The largest absolute Gasteiger partial charge is 0.370 e. The van der Waals surface area contributed by atoms with E-state index < -0.39 is 0 Å². The van der Waals surface area contributed by atoms with Gasteiger partial charge in [0.2, 0.25) is 5.91 Å². The van der Waals surface area contributed by atoms with E-state index >= 15 is 0 Å². The van der Waals surface area contributed by atoms with Gasteiger partial charge in [0.05, 0.1) is 13.0 Å². The molecule has 1 saturated carbocycles. The molecule has 1 amide bonds. The summed E-state index contributed by atoms with van der Waals surface area (Å²) >= 11 is 0. The van der Waals surface area contributed by atoms with Crippen LogP contribution in [0.5, 0.6) is 0 Å². The van der Waals surface area contributed by atoms with Crippen LogP contribution in [0.25, 0.3) is 0 Å². The summed E-state index contributed by atoms with van der Waals surface area (Å²) < 4.78 is 0. The number of benzene rings is 1. The van der Waals surface area contributed by atoms with Crippen LogP contribution in [0.4, 0.5) is 5.69 Å². The molecule has 1 heterocycles. The van der Waals surface area contributed by atoms with Crippen molar-refractivity contribution in [2.75, 3.05) is 18.0 Å². The second-order valence-corrected chi connectivity index (χ2v) is 6.45. The lowest BCUT2D eigenvalue weighted by Crippen LogP contribution is -2.40. The van der Waals surface area contributed by atoms with Gasteiger partial charge in [-0.3, -0.25) is 9.79 Å². The van der Waals surface area contributed by atoms with E-state index in [4.69, 9.17) is 5.73 Å². The Morgan fingerprint density at radius 1 is 1.22 bits per heavy atom. The van der Waals surface area contributed by atoms with Gasteiger partial charge < -0.3 is 16.0 Å². The number of aliphatic imine (C=N–C) groups is 1. The molecule has 23 heavy (non-hydrogen) atoms. The van der Waals surface area contributed by atoms with Gasteiger partial charge in [-0.05, 0) is 24.5 Å². The molecule has 0 spiro atoms. The van der Waals surface area contributed by atoms with Crippen LogP contribution in [0, 0.1) is 0 Å². The highest BCUT2D eigenvalue weighted by molar-refractivity contribution is 6.01. The van der Waals surface area contributed by atoms with Crippen molar-refractivity contribution in [3.63, 3.8) is 0 Å². The van der Waals surface area contributed by atoms with Crippen molar-refractivity contribution in [2.24, 2.45) is 10.7 Å². The molecule has 3 N–H and O–H groups in total. The van der Waals surface area contributed by atoms with Crippen LogP contribution >= 0.6 is 0 Å². The molecule has 0 saturated heterocycles. The average Bonchev–Trinajstić information content (AvgIpc) is 2.71. The Labute approximate surface area is 138 Å². The second kappa shape index (κ2) is 7.49. The molecule has 2 aliphatic rings. The Bertz CT molecular complexity index is 576. The molecule has 0 aromatic heterocycles. The summed E-state index contributed by atoms with van der Waals surface area (Å²) in [7, 11) is 0. The first-order valence-corrected chi connectivity index (χ1v) is 8.69. The molecule has 0 unspecified atom stereocenters. The van der Waals surface area contributed by atoms with Gasteiger partial charge in [-0.2, -0.15) is 0 Å². The molecule has 3 rings (SSSR count). The fraction of sp³-hybridized carbons (Fsp3) is 0.556. The predicted molar refractivity (Wildman–Crippen MR) is 93.6 cm³/mol. The van der Waals surface area contributed by atoms with E-state index in [2.05, 4.69) is 10.3 Å². The first-order chi connectivity index (χ1) is 11.2. The summed E-state index contributed by atoms with van der Waals surface area (Å²) in [6.07, 6.45) is 8.03. The molecule has 1 aromatic carbocycles. The lowest BCUT2D eigenvalue weighted by molar-refractivity contribution is -0.117. The molecule has 0 bridgehead atoms. The maximum atomic E-state index is 12.1. The molecule has 0 atom stereocenters. The Kier molecular flexibility index (Phi) is 5.16. The number of fused-ring (bicyclic) bond motifs is 1. The maximum absolute atomic E-state index is 12.1. The van der Waals surface area contributed by atoms with Gasteiger partial charge in [0, 0.05) is 18.3 Å². The van der Waals surface area contributed by atoms with Crippen LogP contribution in [0.1, 0.15) is 44.1 Å². The lowest BCUT2D eigenvalue weighted by Gasteiger charge is -2.18. The first kappa shape index (κ1) is 15.8. The molecule has 5 heteroatoms. The van der Waals surface area contributed by atoms with Crippen molar-refractivity contribution in [3.8, 4) is 0 Å². The zero-order valence-corrected chi connectivity index (χ0v) is 13.6. The Hall–Kier alpha value is -2.04. The molecule has 1 aliphatic heterocycles. The van der Waals surface area contributed by atoms with Gasteiger partial charge in [0.15, 0.2) is 5.96 Å². The third-order valence-electron chi connectivity index (χ3n) is 4.74. The number of carbonyl (C=O) groups is 1. The Morgan fingerprint density at radius 3 is 2.74 bits per heavy atom. The maximum Gasteiger partial charge on any atom is 0.231 e. The standard InChI is InChI=1S/C18H26N4O/c19-18(21-15-8-3-1-2-4-9-15)20-11-12-22-16-10-6-5-7-14(16)13-17(22)23/h5-7,10,15H,1-4,8-9,11-13H2,(H3,19,20,21). The van der Waals surface area contributed by atoms with E-state index in [-0.39, 0.29) is 5.91 Å². The van der Waals surface area contributed by atoms with Crippen molar-refractivity contribution in [1.82, 2.24) is 5.32 Å². The first-order valence-electron chi connectivity index (χ1n) is 8.69. The average molecular weight is 314 g/mol. The summed E-state index contributed by atoms with van der Waals surface area (Å²) in [5.74, 6) is 0.661. The summed E-state index contributed by atoms with van der Waals surface area (Å²) in [6, 6.07) is 8.41. The highest BCUT2D eigenvalue weighted by atomic mass is 16.2. The molecule has 0 radical (unpaired) electrons. The van der Waals surface area contributed by atoms with Gasteiger partial charge in [-0.1, -0.05) is 43.9 Å². The number of rotatable bonds is 4. The van der Waals surface area contributed by atoms with Gasteiger partial charge in [0.1, 0.15) is 0 Å². The number of carbonyl (C=O) groups excluding carboxylic acids is 1. The zero-order valence-electron chi connectivity index (χ0n) is 13.6. The number of hydrogen-bond acceptors (Lipinski definition) is 2. The number of nitrogens with two attached hydrogens (primary N) is 1. The topological polar surface area (TPSA) is 70.7 Å². The molecule has 124 valence electrons. The fourth-order valence-electron chi connectivity index (χ4n) is 3.51. The molecule has 1 aromatic rings. The molecule has 1 aliphatic carbocycles. The van der Waals surface area contributed by atoms with Crippen LogP contribution in [-0.4, -0.2) is 31.0 Å². The van der Waals surface area contributed by atoms with Crippen LogP contribution < -0.4 is 16.0 Å².